The largest absolute Gasteiger partial charge is 0.481 e. The quantitative estimate of drug-likeness (QED) is 0.603. The van der Waals surface area contributed by atoms with E-state index in [1.54, 1.807) is 0 Å². The number of methoxy groups -OCH3 is 1. The summed E-state index contributed by atoms with van der Waals surface area (Å²) in [7, 11) is 1.24. The number of hydrogen-bond donors (Lipinski definition) is 2. The van der Waals surface area contributed by atoms with E-state index < -0.39 is 23.8 Å². The topological polar surface area (TPSA) is 101 Å². The zero-order chi connectivity index (χ0) is 12.6. The summed E-state index contributed by atoms with van der Waals surface area (Å²) in [5.74, 6) is -3.09. The molecule has 6 nitrogen and oxygen atoms in total. The Morgan fingerprint density at radius 3 is 2.19 bits per heavy atom. The van der Waals surface area contributed by atoms with Crippen molar-refractivity contribution in [2.24, 2.45) is 5.92 Å². The molecule has 0 heterocycles. The molecule has 2 N–H and O–H groups in total. The van der Waals surface area contributed by atoms with E-state index in [-0.39, 0.29) is 25.7 Å². The summed E-state index contributed by atoms with van der Waals surface area (Å²) in [5, 5.41) is 17.2. The van der Waals surface area contributed by atoms with Gasteiger partial charge in [-0.1, -0.05) is 0 Å². The molecule has 0 aromatic heterocycles. The van der Waals surface area contributed by atoms with Crippen molar-refractivity contribution in [1.82, 2.24) is 0 Å². The monoisotopic (exact) mass is 232 g/mol. The van der Waals surface area contributed by atoms with Crippen LogP contribution in [0.3, 0.4) is 0 Å². The van der Waals surface area contributed by atoms with E-state index in [1.807, 2.05) is 0 Å². The fraction of sp³-hybridized carbons (Fsp3) is 0.700. The van der Waals surface area contributed by atoms with Crippen LogP contribution in [0.5, 0.6) is 0 Å². The number of carbonyl (C=O) groups excluding carboxylic acids is 1. The number of esters is 1. The number of ether oxygens (including phenoxy) is 1. The first-order chi connectivity index (χ1) is 7.47. The molecule has 1 unspecified atom stereocenters. The zero-order valence-corrected chi connectivity index (χ0v) is 9.14. The van der Waals surface area contributed by atoms with Crippen molar-refractivity contribution in [3.8, 4) is 0 Å². The van der Waals surface area contributed by atoms with Gasteiger partial charge in [-0.25, -0.2) is 0 Å². The van der Waals surface area contributed by atoms with Crippen LogP contribution in [0.15, 0.2) is 0 Å². The molecule has 0 aliphatic heterocycles. The molecule has 16 heavy (non-hydrogen) atoms. The maximum atomic E-state index is 10.8. The van der Waals surface area contributed by atoms with Crippen LogP contribution in [0.1, 0.15) is 32.1 Å². The Morgan fingerprint density at radius 1 is 1.12 bits per heavy atom. The second-order valence-corrected chi connectivity index (χ2v) is 3.44. The normalized spacial score (nSPS) is 11.8. The van der Waals surface area contributed by atoms with Gasteiger partial charge in [0.25, 0.3) is 0 Å². The minimum absolute atomic E-state index is 0.0422. The van der Waals surface area contributed by atoms with E-state index in [0.717, 1.165) is 0 Å². The Hall–Kier alpha value is -1.59. The van der Waals surface area contributed by atoms with Crippen LogP contribution < -0.4 is 0 Å². The molecule has 0 bridgehead atoms. The average molecular weight is 232 g/mol. The van der Waals surface area contributed by atoms with Gasteiger partial charge in [-0.3, -0.25) is 14.4 Å². The van der Waals surface area contributed by atoms with Crippen LogP contribution in [0.2, 0.25) is 0 Å². The predicted octanol–water partition coefficient (Wildman–Crippen LogP) is 0.895. The molecule has 0 spiro atoms. The van der Waals surface area contributed by atoms with Gasteiger partial charge in [-0.2, -0.15) is 0 Å². The van der Waals surface area contributed by atoms with Gasteiger partial charge >= 0.3 is 17.9 Å². The maximum Gasteiger partial charge on any atom is 0.306 e. The minimum Gasteiger partial charge on any atom is -0.481 e. The predicted molar refractivity (Wildman–Crippen MR) is 53.9 cm³/mol. The highest BCUT2D eigenvalue weighted by Crippen LogP contribution is 2.15. The van der Waals surface area contributed by atoms with Gasteiger partial charge in [0.15, 0.2) is 0 Å². The summed E-state index contributed by atoms with van der Waals surface area (Å²) in [5.41, 5.74) is 0. The van der Waals surface area contributed by atoms with Crippen molar-refractivity contribution in [2.75, 3.05) is 7.11 Å². The summed E-state index contributed by atoms with van der Waals surface area (Å²) in [6.07, 6.45) is 0.732. The third-order valence-corrected chi connectivity index (χ3v) is 2.22. The third-order valence-electron chi connectivity index (χ3n) is 2.22. The fourth-order valence-corrected chi connectivity index (χ4v) is 1.29. The molecule has 0 aromatic carbocycles. The molecule has 0 saturated heterocycles. The third kappa shape index (κ3) is 6.80. The fourth-order valence-electron chi connectivity index (χ4n) is 1.29. The van der Waals surface area contributed by atoms with Gasteiger partial charge in [0.05, 0.1) is 13.0 Å². The summed E-state index contributed by atoms with van der Waals surface area (Å²) in [6.45, 7) is 0. The minimum atomic E-state index is -1.01. The van der Waals surface area contributed by atoms with Gasteiger partial charge < -0.3 is 14.9 Å². The van der Waals surface area contributed by atoms with Crippen LogP contribution in [-0.2, 0) is 19.1 Å². The van der Waals surface area contributed by atoms with Crippen LogP contribution in [-0.4, -0.2) is 35.2 Å². The first kappa shape index (κ1) is 14.4. The molecule has 0 saturated carbocycles. The SMILES string of the molecule is COC(=O)CCC(CCCC(=O)O)C(=O)O. The Morgan fingerprint density at radius 2 is 1.75 bits per heavy atom. The smallest absolute Gasteiger partial charge is 0.306 e. The molecule has 0 fully saturated rings. The van der Waals surface area contributed by atoms with Crippen LogP contribution in [0.4, 0.5) is 0 Å². The summed E-state index contributed by atoms with van der Waals surface area (Å²) in [4.78, 5) is 31.8. The Kier molecular flexibility index (Phi) is 6.91. The zero-order valence-electron chi connectivity index (χ0n) is 9.14. The molecule has 1 atom stereocenters. The molecule has 0 radical (unpaired) electrons. The highest BCUT2D eigenvalue weighted by atomic mass is 16.5. The maximum absolute atomic E-state index is 10.8. The molecule has 0 aliphatic carbocycles. The van der Waals surface area contributed by atoms with Gasteiger partial charge in [0.1, 0.15) is 0 Å². The first-order valence-electron chi connectivity index (χ1n) is 4.98. The van der Waals surface area contributed by atoms with Crippen molar-refractivity contribution < 1.29 is 29.3 Å². The summed E-state index contributed by atoms with van der Waals surface area (Å²) >= 11 is 0. The number of carboxylic acids is 2. The lowest BCUT2D eigenvalue weighted by atomic mass is 9.97. The van der Waals surface area contributed by atoms with E-state index in [9.17, 15) is 14.4 Å². The summed E-state index contributed by atoms with van der Waals surface area (Å²) in [6, 6.07) is 0. The van der Waals surface area contributed by atoms with Crippen LogP contribution in [0.25, 0.3) is 0 Å². The second kappa shape index (κ2) is 7.67. The van der Waals surface area contributed by atoms with Gasteiger partial charge in [-0.05, 0) is 19.3 Å². The van der Waals surface area contributed by atoms with Crippen molar-refractivity contribution in [2.45, 2.75) is 32.1 Å². The number of carbonyl (C=O) groups is 3. The Balaban J connectivity index is 3.93. The molecule has 0 amide bonds. The van der Waals surface area contributed by atoms with Crippen molar-refractivity contribution >= 4 is 17.9 Å². The Bertz CT molecular complexity index is 260. The van der Waals surface area contributed by atoms with E-state index in [2.05, 4.69) is 4.74 Å². The molecule has 0 rings (SSSR count). The van der Waals surface area contributed by atoms with E-state index >= 15 is 0 Å². The first-order valence-corrected chi connectivity index (χ1v) is 4.98. The van der Waals surface area contributed by atoms with Crippen LogP contribution in [0, 0.1) is 5.92 Å². The van der Waals surface area contributed by atoms with Crippen LogP contribution >= 0.6 is 0 Å². The lowest BCUT2D eigenvalue weighted by molar-refractivity contribution is -0.145. The molecule has 0 aromatic rings. The van der Waals surface area contributed by atoms with Gasteiger partial charge in [0, 0.05) is 12.8 Å². The second-order valence-electron chi connectivity index (χ2n) is 3.44. The lowest BCUT2D eigenvalue weighted by Gasteiger charge is -2.10. The van der Waals surface area contributed by atoms with Gasteiger partial charge in [0.2, 0.25) is 0 Å². The average Bonchev–Trinajstić information content (AvgIpc) is 2.21. The number of hydrogen-bond acceptors (Lipinski definition) is 4. The number of aliphatic carboxylic acids is 2. The standard InChI is InChI=1S/C10H16O6/c1-16-9(13)6-5-7(10(14)15)3-2-4-8(11)12/h7H,2-6H2,1H3,(H,11,12)(H,14,15). The van der Waals surface area contributed by atoms with E-state index in [0.29, 0.717) is 6.42 Å². The number of rotatable bonds is 8. The van der Waals surface area contributed by atoms with Gasteiger partial charge in [-0.15, -0.1) is 0 Å². The van der Waals surface area contributed by atoms with E-state index in [4.69, 9.17) is 10.2 Å². The molecular formula is C10H16O6. The molecule has 92 valence electrons. The van der Waals surface area contributed by atoms with Crippen molar-refractivity contribution in [1.29, 1.82) is 0 Å². The number of carboxylic acid groups (broad SMARTS) is 2. The highest BCUT2D eigenvalue weighted by Gasteiger charge is 2.18. The molecular weight excluding hydrogens is 216 g/mol. The highest BCUT2D eigenvalue weighted by molar-refractivity contribution is 5.73. The summed E-state index contributed by atoms with van der Waals surface area (Å²) < 4.78 is 4.40. The molecule has 6 heteroatoms. The molecule has 0 aliphatic rings. The lowest BCUT2D eigenvalue weighted by Crippen LogP contribution is -2.16. The Labute approximate surface area is 93.2 Å². The van der Waals surface area contributed by atoms with Crippen molar-refractivity contribution in [3.05, 3.63) is 0 Å². The van der Waals surface area contributed by atoms with E-state index in [1.165, 1.54) is 7.11 Å². The van der Waals surface area contributed by atoms with Crippen molar-refractivity contribution in [3.63, 3.8) is 0 Å².